The van der Waals surface area contributed by atoms with Crippen molar-refractivity contribution in [2.24, 2.45) is 0 Å². The Kier molecular flexibility index (Phi) is 7.26. The number of esters is 2. The molecular formula is C22H30N2O4. The summed E-state index contributed by atoms with van der Waals surface area (Å²) in [4.78, 5) is 30.7. The zero-order valence-electron chi connectivity index (χ0n) is 17.6. The van der Waals surface area contributed by atoms with E-state index in [1.165, 1.54) is 0 Å². The van der Waals surface area contributed by atoms with Crippen LogP contribution in [0.4, 0.5) is 0 Å². The van der Waals surface area contributed by atoms with Crippen LogP contribution < -0.4 is 0 Å². The van der Waals surface area contributed by atoms with E-state index in [0.717, 1.165) is 46.5 Å². The first-order valence-electron chi connectivity index (χ1n) is 9.84. The van der Waals surface area contributed by atoms with Gasteiger partial charge in [-0.05, 0) is 74.9 Å². The van der Waals surface area contributed by atoms with E-state index >= 15 is 0 Å². The van der Waals surface area contributed by atoms with Crippen LogP contribution in [0, 0.1) is 13.8 Å². The first-order valence-corrected chi connectivity index (χ1v) is 9.84. The molecule has 152 valence electrons. The maximum Gasteiger partial charge on any atom is 0.355 e. The third-order valence-electron chi connectivity index (χ3n) is 4.91. The molecule has 0 fully saturated rings. The Morgan fingerprint density at radius 3 is 1.39 bits per heavy atom. The van der Waals surface area contributed by atoms with Crippen LogP contribution in [0.2, 0.25) is 0 Å². The summed E-state index contributed by atoms with van der Waals surface area (Å²) >= 11 is 0. The molecule has 0 amide bonds. The number of ether oxygens (including phenoxy) is 2. The van der Waals surface area contributed by atoms with E-state index < -0.39 is 0 Å². The van der Waals surface area contributed by atoms with E-state index in [9.17, 15) is 9.59 Å². The fraction of sp³-hybridized carbons (Fsp3) is 0.455. The summed E-state index contributed by atoms with van der Waals surface area (Å²) < 4.78 is 10.3. The van der Waals surface area contributed by atoms with E-state index in [1.807, 2.05) is 26.0 Å². The normalized spacial score (nSPS) is 11.2. The average Bonchev–Trinajstić information content (AvgIpc) is 3.16. The van der Waals surface area contributed by atoms with E-state index in [1.54, 1.807) is 13.8 Å². The van der Waals surface area contributed by atoms with Crippen molar-refractivity contribution in [1.82, 2.24) is 9.97 Å². The molecule has 28 heavy (non-hydrogen) atoms. The molecule has 0 aliphatic rings. The van der Waals surface area contributed by atoms with Gasteiger partial charge in [0.1, 0.15) is 11.4 Å². The highest BCUT2D eigenvalue weighted by molar-refractivity contribution is 5.92. The molecule has 0 aromatic carbocycles. The van der Waals surface area contributed by atoms with Gasteiger partial charge in [-0.2, -0.15) is 0 Å². The molecule has 2 aromatic rings. The van der Waals surface area contributed by atoms with Gasteiger partial charge in [0.25, 0.3) is 0 Å². The van der Waals surface area contributed by atoms with Crippen LogP contribution in [0.15, 0.2) is 0 Å². The molecular weight excluding hydrogens is 356 g/mol. The van der Waals surface area contributed by atoms with Crippen molar-refractivity contribution in [2.45, 2.75) is 54.4 Å². The molecule has 2 rings (SSSR count). The van der Waals surface area contributed by atoms with Gasteiger partial charge in [0.15, 0.2) is 0 Å². The van der Waals surface area contributed by atoms with Crippen molar-refractivity contribution in [3.8, 4) is 0 Å². The Morgan fingerprint density at radius 2 is 1.11 bits per heavy atom. The highest BCUT2D eigenvalue weighted by atomic mass is 16.5. The maximum atomic E-state index is 12.2. The largest absolute Gasteiger partial charge is 0.461 e. The lowest BCUT2D eigenvalue weighted by Crippen LogP contribution is -2.06. The summed E-state index contributed by atoms with van der Waals surface area (Å²) in [6.45, 7) is 12.2. The first kappa shape index (κ1) is 21.5. The number of nitrogens with one attached hydrogen (secondary N) is 2. The van der Waals surface area contributed by atoms with Crippen molar-refractivity contribution in [3.05, 3.63) is 45.0 Å². The molecule has 0 spiro atoms. The molecule has 2 N–H and O–H groups in total. The summed E-state index contributed by atoms with van der Waals surface area (Å²) in [7, 11) is 0. The van der Waals surface area contributed by atoms with Crippen LogP contribution in [0.3, 0.4) is 0 Å². The molecule has 0 saturated carbocycles. The number of hydrogen-bond donors (Lipinski definition) is 2. The van der Waals surface area contributed by atoms with Gasteiger partial charge in [0.2, 0.25) is 0 Å². The monoisotopic (exact) mass is 386 g/mol. The van der Waals surface area contributed by atoms with Crippen LogP contribution in [-0.4, -0.2) is 35.1 Å². The molecule has 0 atom stereocenters. The van der Waals surface area contributed by atoms with E-state index in [4.69, 9.17) is 9.47 Å². The molecule has 0 aliphatic carbocycles. The van der Waals surface area contributed by atoms with Crippen molar-refractivity contribution in [1.29, 1.82) is 0 Å². The van der Waals surface area contributed by atoms with Crippen LogP contribution in [0.5, 0.6) is 0 Å². The third-order valence-corrected chi connectivity index (χ3v) is 4.91. The molecule has 0 saturated heterocycles. The van der Waals surface area contributed by atoms with Gasteiger partial charge in [-0.1, -0.05) is 13.8 Å². The zero-order valence-corrected chi connectivity index (χ0v) is 17.6. The highest BCUT2D eigenvalue weighted by Crippen LogP contribution is 2.25. The lowest BCUT2D eigenvalue weighted by atomic mass is 10.1. The zero-order chi connectivity index (χ0) is 20.8. The number of aromatic amines is 2. The second kappa shape index (κ2) is 9.44. The van der Waals surface area contributed by atoms with Crippen molar-refractivity contribution < 1.29 is 19.1 Å². The number of aromatic nitrogens is 2. The molecule has 0 radical (unpaired) electrons. The van der Waals surface area contributed by atoms with Crippen molar-refractivity contribution in [3.63, 3.8) is 0 Å². The van der Waals surface area contributed by atoms with Gasteiger partial charge in [0, 0.05) is 11.4 Å². The minimum atomic E-state index is -0.344. The molecule has 6 heteroatoms. The minimum absolute atomic E-state index is 0.335. The number of carbonyl (C=O) groups is 2. The fourth-order valence-electron chi connectivity index (χ4n) is 3.49. The summed E-state index contributed by atoms with van der Waals surface area (Å²) in [5, 5.41) is 0. The minimum Gasteiger partial charge on any atom is -0.461 e. The van der Waals surface area contributed by atoms with Gasteiger partial charge < -0.3 is 19.4 Å². The van der Waals surface area contributed by atoms with Gasteiger partial charge in [0.05, 0.1) is 13.2 Å². The maximum absolute atomic E-state index is 12.2. The third kappa shape index (κ3) is 4.21. The van der Waals surface area contributed by atoms with Crippen molar-refractivity contribution in [2.75, 3.05) is 13.2 Å². The Bertz CT molecular complexity index is 815. The van der Waals surface area contributed by atoms with Gasteiger partial charge in [-0.15, -0.1) is 0 Å². The van der Waals surface area contributed by atoms with Crippen LogP contribution in [0.25, 0.3) is 12.2 Å². The van der Waals surface area contributed by atoms with Gasteiger partial charge in [-0.25, -0.2) is 9.59 Å². The predicted molar refractivity (Wildman–Crippen MR) is 111 cm³/mol. The molecule has 0 bridgehead atoms. The summed E-state index contributed by atoms with van der Waals surface area (Å²) in [5.74, 6) is -0.687. The van der Waals surface area contributed by atoms with Gasteiger partial charge >= 0.3 is 11.9 Å². The Balaban J connectivity index is 2.43. The molecule has 0 aliphatic heterocycles. The molecule has 2 heterocycles. The molecule has 2 aromatic heterocycles. The summed E-state index contributed by atoms with van der Waals surface area (Å²) in [6.07, 6.45) is 5.46. The summed E-state index contributed by atoms with van der Waals surface area (Å²) in [6, 6.07) is 0. The first-order chi connectivity index (χ1) is 13.4. The standard InChI is InChI=1S/C22H30N2O4/c1-7-15-13(5)19(21(25)27-9-3)23-17(15)11-12-18-16(8-2)14(6)20(24-18)22(26)28-10-4/h11-12,23-24H,7-10H2,1-6H3/b12-11-. The quantitative estimate of drug-likeness (QED) is 0.649. The van der Waals surface area contributed by atoms with E-state index in [-0.39, 0.29) is 11.9 Å². The second-order valence-electron chi connectivity index (χ2n) is 6.52. The lowest BCUT2D eigenvalue weighted by molar-refractivity contribution is 0.0510. The second-order valence-corrected chi connectivity index (χ2v) is 6.52. The summed E-state index contributed by atoms with van der Waals surface area (Å²) in [5.41, 5.74) is 6.69. The Morgan fingerprint density at radius 1 is 0.750 bits per heavy atom. The van der Waals surface area contributed by atoms with E-state index in [2.05, 4.69) is 23.8 Å². The number of H-pyrrole nitrogens is 2. The molecule has 0 unspecified atom stereocenters. The molecule has 6 nitrogen and oxygen atoms in total. The SMILES string of the molecule is CCOC(=O)c1[nH]c(/C=C\c2[nH]c(C(=O)OCC)c(C)c2CC)c(CC)c1C. The van der Waals surface area contributed by atoms with Gasteiger partial charge in [-0.3, -0.25) is 0 Å². The number of carbonyl (C=O) groups excluding carboxylic acids is 2. The van der Waals surface area contributed by atoms with Crippen molar-refractivity contribution >= 4 is 24.1 Å². The highest BCUT2D eigenvalue weighted by Gasteiger charge is 2.20. The smallest absolute Gasteiger partial charge is 0.355 e. The Hall–Kier alpha value is -2.76. The average molecular weight is 386 g/mol. The lowest BCUT2D eigenvalue weighted by Gasteiger charge is -2.00. The predicted octanol–water partition coefficient (Wildman–Crippen LogP) is 4.61. The van der Waals surface area contributed by atoms with Crippen LogP contribution >= 0.6 is 0 Å². The van der Waals surface area contributed by atoms with Crippen LogP contribution in [0.1, 0.15) is 82.3 Å². The van der Waals surface area contributed by atoms with E-state index in [0.29, 0.717) is 24.6 Å². The number of rotatable bonds is 8. The number of hydrogen-bond acceptors (Lipinski definition) is 4. The fourth-order valence-corrected chi connectivity index (χ4v) is 3.49. The van der Waals surface area contributed by atoms with Crippen LogP contribution in [-0.2, 0) is 22.3 Å². The topological polar surface area (TPSA) is 84.2 Å². The Labute approximate surface area is 166 Å².